The fourth-order valence-electron chi connectivity index (χ4n) is 3.94. The Morgan fingerprint density at radius 1 is 1.24 bits per heavy atom. The summed E-state index contributed by atoms with van der Waals surface area (Å²) in [7, 11) is 3.26. The molecule has 158 valence electrons. The SMILES string of the molecule is COc1ccc(CNC(=O)CCC2CCCN(Cc3ccc(C)s3)C2)c(OC)c1. The van der Waals surface area contributed by atoms with Crippen LogP contribution in [0.5, 0.6) is 11.5 Å². The van der Waals surface area contributed by atoms with Crippen LogP contribution in [0.4, 0.5) is 0 Å². The van der Waals surface area contributed by atoms with Crippen molar-refractivity contribution in [3.05, 3.63) is 45.6 Å². The van der Waals surface area contributed by atoms with E-state index >= 15 is 0 Å². The van der Waals surface area contributed by atoms with Gasteiger partial charge in [-0.2, -0.15) is 0 Å². The fourth-order valence-corrected chi connectivity index (χ4v) is 4.87. The summed E-state index contributed by atoms with van der Waals surface area (Å²) in [4.78, 5) is 17.7. The van der Waals surface area contributed by atoms with Gasteiger partial charge in [0.15, 0.2) is 0 Å². The third kappa shape index (κ3) is 6.47. The fraction of sp³-hybridized carbons (Fsp3) is 0.522. The zero-order chi connectivity index (χ0) is 20.6. The monoisotopic (exact) mass is 416 g/mol. The van der Waals surface area contributed by atoms with Crippen LogP contribution in [0.25, 0.3) is 0 Å². The molecule has 1 amide bonds. The smallest absolute Gasteiger partial charge is 0.220 e. The minimum Gasteiger partial charge on any atom is -0.497 e. The molecule has 1 aliphatic rings. The first kappa shape index (κ1) is 21.7. The van der Waals surface area contributed by atoms with Gasteiger partial charge in [-0.25, -0.2) is 0 Å². The van der Waals surface area contributed by atoms with Crippen LogP contribution in [0, 0.1) is 12.8 Å². The second-order valence-corrected chi connectivity index (χ2v) is 9.12. The van der Waals surface area contributed by atoms with Crippen molar-refractivity contribution in [2.75, 3.05) is 27.3 Å². The minimum atomic E-state index is 0.105. The summed E-state index contributed by atoms with van der Waals surface area (Å²) in [5, 5.41) is 3.03. The van der Waals surface area contributed by atoms with Crippen LogP contribution in [-0.2, 0) is 17.9 Å². The molecule has 3 rings (SSSR count). The number of thiophene rings is 1. The Labute approximate surface area is 178 Å². The predicted molar refractivity (Wildman–Crippen MR) is 118 cm³/mol. The maximum absolute atomic E-state index is 12.4. The second kappa shape index (κ2) is 10.6. The number of hydrogen-bond donors (Lipinski definition) is 1. The standard InChI is InChI=1S/C23H32N2O3S/c1-17-6-10-21(29-17)16-25-12-4-5-18(15-25)7-11-23(26)24-14-19-8-9-20(27-2)13-22(19)28-3/h6,8-10,13,18H,4-5,7,11-12,14-16H2,1-3H3,(H,24,26). The number of benzene rings is 1. The molecule has 1 unspecified atom stereocenters. The number of nitrogens with one attached hydrogen (secondary N) is 1. The minimum absolute atomic E-state index is 0.105. The molecule has 1 aromatic heterocycles. The molecule has 1 N–H and O–H groups in total. The Morgan fingerprint density at radius 3 is 2.83 bits per heavy atom. The number of carbonyl (C=O) groups is 1. The lowest BCUT2D eigenvalue weighted by molar-refractivity contribution is -0.121. The molecule has 0 bridgehead atoms. The maximum Gasteiger partial charge on any atom is 0.220 e. The van der Waals surface area contributed by atoms with Crippen LogP contribution >= 0.6 is 11.3 Å². The summed E-state index contributed by atoms with van der Waals surface area (Å²) >= 11 is 1.89. The molecular formula is C23H32N2O3S. The Bertz CT molecular complexity index is 805. The largest absolute Gasteiger partial charge is 0.497 e. The third-order valence-corrected chi connectivity index (χ3v) is 6.51. The van der Waals surface area contributed by atoms with Crippen molar-refractivity contribution in [1.82, 2.24) is 10.2 Å². The average Bonchev–Trinajstić information content (AvgIpc) is 3.15. The molecular weight excluding hydrogens is 384 g/mol. The van der Waals surface area contributed by atoms with Gasteiger partial charge in [-0.1, -0.05) is 0 Å². The maximum atomic E-state index is 12.4. The number of amides is 1. The van der Waals surface area contributed by atoms with E-state index in [0.29, 0.717) is 18.9 Å². The van der Waals surface area contributed by atoms with Crippen molar-refractivity contribution in [3.8, 4) is 11.5 Å². The Kier molecular flexibility index (Phi) is 7.95. The first-order valence-corrected chi connectivity index (χ1v) is 11.1. The van der Waals surface area contributed by atoms with Gasteiger partial charge in [-0.05, 0) is 62.9 Å². The van der Waals surface area contributed by atoms with E-state index in [9.17, 15) is 4.79 Å². The summed E-state index contributed by atoms with van der Waals surface area (Å²) in [6, 6.07) is 10.1. The van der Waals surface area contributed by atoms with E-state index in [0.717, 1.165) is 43.1 Å². The Morgan fingerprint density at radius 2 is 2.10 bits per heavy atom. The Balaban J connectivity index is 1.42. The lowest BCUT2D eigenvalue weighted by Crippen LogP contribution is -2.35. The highest BCUT2D eigenvalue weighted by Gasteiger charge is 2.21. The van der Waals surface area contributed by atoms with Crippen molar-refractivity contribution in [1.29, 1.82) is 0 Å². The molecule has 2 heterocycles. The summed E-state index contributed by atoms with van der Waals surface area (Å²) in [5.74, 6) is 2.19. The number of ether oxygens (including phenoxy) is 2. The van der Waals surface area contributed by atoms with Gasteiger partial charge in [0.2, 0.25) is 5.91 Å². The van der Waals surface area contributed by atoms with Gasteiger partial charge in [0.05, 0.1) is 14.2 Å². The molecule has 0 spiro atoms. The molecule has 1 atom stereocenters. The lowest BCUT2D eigenvalue weighted by atomic mass is 9.93. The van der Waals surface area contributed by atoms with Crippen LogP contribution in [-0.4, -0.2) is 38.1 Å². The van der Waals surface area contributed by atoms with Gasteiger partial charge in [0.25, 0.3) is 0 Å². The number of likely N-dealkylation sites (tertiary alicyclic amines) is 1. The van der Waals surface area contributed by atoms with Gasteiger partial charge in [-0.15, -0.1) is 11.3 Å². The number of methoxy groups -OCH3 is 2. The normalized spacial score (nSPS) is 17.1. The lowest BCUT2D eigenvalue weighted by Gasteiger charge is -2.32. The van der Waals surface area contributed by atoms with E-state index in [2.05, 4.69) is 29.3 Å². The van der Waals surface area contributed by atoms with Gasteiger partial charge in [0, 0.05) is 47.4 Å². The average molecular weight is 417 g/mol. The molecule has 2 aromatic rings. The zero-order valence-corrected chi connectivity index (χ0v) is 18.5. The molecule has 1 fully saturated rings. The van der Waals surface area contributed by atoms with Crippen LogP contribution in [0.2, 0.25) is 0 Å². The quantitative estimate of drug-likeness (QED) is 0.659. The highest BCUT2D eigenvalue weighted by atomic mass is 32.1. The van der Waals surface area contributed by atoms with Gasteiger partial charge in [0.1, 0.15) is 11.5 Å². The van der Waals surface area contributed by atoms with Crippen LogP contribution < -0.4 is 14.8 Å². The number of rotatable bonds is 9. The zero-order valence-electron chi connectivity index (χ0n) is 17.7. The summed E-state index contributed by atoms with van der Waals surface area (Å²) in [5.41, 5.74) is 0.955. The number of nitrogens with zero attached hydrogens (tertiary/aromatic N) is 1. The molecule has 1 saturated heterocycles. The first-order valence-electron chi connectivity index (χ1n) is 10.3. The van der Waals surface area contributed by atoms with Crippen molar-refractivity contribution in [3.63, 3.8) is 0 Å². The summed E-state index contributed by atoms with van der Waals surface area (Å²) in [6.45, 7) is 5.93. The highest BCUT2D eigenvalue weighted by molar-refractivity contribution is 7.11. The highest BCUT2D eigenvalue weighted by Crippen LogP contribution is 2.26. The van der Waals surface area contributed by atoms with Crippen molar-refractivity contribution >= 4 is 17.2 Å². The van der Waals surface area contributed by atoms with Crippen LogP contribution in [0.1, 0.15) is 41.0 Å². The number of piperidine rings is 1. The van der Waals surface area contributed by atoms with Crippen molar-refractivity contribution in [2.45, 2.75) is 45.7 Å². The number of carbonyl (C=O) groups excluding carboxylic acids is 1. The van der Waals surface area contributed by atoms with E-state index in [4.69, 9.17) is 9.47 Å². The van der Waals surface area contributed by atoms with E-state index in [1.54, 1.807) is 14.2 Å². The molecule has 1 aliphatic heterocycles. The number of hydrogen-bond acceptors (Lipinski definition) is 5. The van der Waals surface area contributed by atoms with E-state index in [-0.39, 0.29) is 5.91 Å². The Hall–Kier alpha value is -2.05. The van der Waals surface area contributed by atoms with E-state index < -0.39 is 0 Å². The topological polar surface area (TPSA) is 50.8 Å². The summed E-state index contributed by atoms with van der Waals surface area (Å²) in [6.07, 6.45) is 3.97. The second-order valence-electron chi connectivity index (χ2n) is 7.75. The van der Waals surface area contributed by atoms with E-state index in [1.807, 2.05) is 29.5 Å². The third-order valence-electron chi connectivity index (χ3n) is 5.53. The van der Waals surface area contributed by atoms with E-state index in [1.165, 1.54) is 22.6 Å². The van der Waals surface area contributed by atoms with Gasteiger partial charge < -0.3 is 14.8 Å². The molecule has 0 aliphatic carbocycles. The van der Waals surface area contributed by atoms with Crippen molar-refractivity contribution < 1.29 is 14.3 Å². The summed E-state index contributed by atoms with van der Waals surface area (Å²) < 4.78 is 10.6. The molecule has 0 radical (unpaired) electrons. The molecule has 0 saturated carbocycles. The molecule has 6 heteroatoms. The van der Waals surface area contributed by atoms with Crippen LogP contribution in [0.3, 0.4) is 0 Å². The molecule has 1 aromatic carbocycles. The molecule has 29 heavy (non-hydrogen) atoms. The first-order chi connectivity index (χ1) is 14.1. The van der Waals surface area contributed by atoms with Gasteiger partial charge in [-0.3, -0.25) is 9.69 Å². The van der Waals surface area contributed by atoms with Gasteiger partial charge >= 0.3 is 0 Å². The van der Waals surface area contributed by atoms with Crippen molar-refractivity contribution in [2.24, 2.45) is 5.92 Å². The van der Waals surface area contributed by atoms with Crippen LogP contribution in [0.15, 0.2) is 30.3 Å². The molecule has 5 nitrogen and oxygen atoms in total. The number of aryl methyl sites for hydroxylation is 1. The predicted octanol–water partition coefficient (Wildman–Crippen LogP) is 4.38.